The fourth-order valence-electron chi connectivity index (χ4n) is 4.13. The van der Waals surface area contributed by atoms with Crippen molar-refractivity contribution in [2.45, 2.75) is 12.8 Å². The lowest BCUT2D eigenvalue weighted by Crippen LogP contribution is -2.40. The second kappa shape index (κ2) is 10.4. The Hall–Kier alpha value is -3.79. The lowest BCUT2D eigenvalue weighted by atomic mass is 10.1. The van der Waals surface area contributed by atoms with Crippen LogP contribution in [0.5, 0.6) is 17.2 Å². The number of rotatable bonds is 9. The Balaban J connectivity index is 1.31. The molecule has 0 atom stereocenters. The number of nitrogens with zero attached hydrogens (tertiary/aromatic N) is 2. The van der Waals surface area contributed by atoms with Gasteiger partial charge in [0.15, 0.2) is 16.6 Å². The molecule has 5 rings (SSSR count). The van der Waals surface area contributed by atoms with E-state index < -0.39 is 0 Å². The van der Waals surface area contributed by atoms with Gasteiger partial charge in [0.05, 0.1) is 17.6 Å². The third kappa shape index (κ3) is 5.23. The number of hydrogen-bond acceptors (Lipinski definition) is 8. The number of anilines is 1. The van der Waals surface area contributed by atoms with Gasteiger partial charge >= 0.3 is 0 Å². The number of nitrogens with two attached hydrogens (primary N) is 1. The molecule has 2 aliphatic rings. The highest BCUT2D eigenvalue weighted by atomic mass is 32.1. The van der Waals surface area contributed by atoms with Crippen molar-refractivity contribution in [3.8, 4) is 27.7 Å². The number of nitrogens with one attached hydrogen (secondary N) is 1. The summed E-state index contributed by atoms with van der Waals surface area (Å²) in [6.07, 6.45) is 2.18. The van der Waals surface area contributed by atoms with Crippen molar-refractivity contribution in [2.75, 3.05) is 45.7 Å². The summed E-state index contributed by atoms with van der Waals surface area (Å²) in [4.78, 5) is 33.4. The van der Waals surface area contributed by atoms with E-state index in [0.717, 1.165) is 18.4 Å². The molecule has 10 heteroatoms. The van der Waals surface area contributed by atoms with Gasteiger partial charge in [-0.25, -0.2) is 4.98 Å². The molecule has 0 unspecified atom stereocenters. The lowest BCUT2D eigenvalue weighted by Gasteiger charge is -2.23. The van der Waals surface area contributed by atoms with Crippen LogP contribution in [0.1, 0.15) is 33.7 Å². The first-order chi connectivity index (χ1) is 17.5. The van der Waals surface area contributed by atoms with Crippen LogP contribution in [0.4, 0.5) is 5.13 Å². The lowest BCUT2D eigenvalue weighted by molar-refractivity contribution is 0.0736. The minimum atomic E-state index is -0.272. The number of nitrogen functional groups attached to an aromatic ring is 1. The van der Waals surface area contributed by atoms with Crippen LogP contribution in [0.25, 0.3) is 10.4 Å². The molecule has 1 saturated carbocycles. The fourth-order valence-corrected chi connectivity index (χ4v) is 4.95. The molecule has 9 nitrogen and oxygen atoms in total. The molecule has 2 aromatic carbocycles. The molecule has 0 radical (unpaired) electrons. The first-order valence-electron chi connectivity index (χ1n) is 11.9. The quantitative estimate of drug-likeness (QED) is 0.455. The molecule has 1 fully saturated rings. The molecular formula is C26H28N4O5S. The number of amides is 2. The fraction of sp³-hybridized carbons (Fsp3) is 0.346. The summed E-state index contributed by atoms with van der Waals surface area (Å²) in [5, 5.41) is 3.24. The molecule has 3 aromatic rings. The van der Waals surface area contributed by atoms with Crippen molar-refractivity contribution in [3.05, 3.63) is 53.7 Å². The summed E-state index contributed by atoms with van der Waals surface area (Å²) in [5.41, 5.74) is 7.58. The second-order valence-electron chi connectivity index (χ2n) is 8.74. The molecule has 0 bridgehead atoms. The van der Waals surface area contributed by atoms with Crippen LogP contribution in [0.2, 0.25) is 0 Å². The SMILES string of the molecule is COc1cccc(-c2sc(N)nc2C(=O)N(CCNC(=O)c2cccc3c2OCCO3)CC2CC2)c1. The minimum absolute atomic E-state index is 0.198. The van der Waals surface area contributed by atoms with Crippen molar-refractivity contribution in [3.63, 3.8) is 0 Å². The Morgan fingerprint density at radius 1 is 1.19 bits per heavy atom. The van der Waals surface area contributed by atoms with Crippen LogP contribution in [0, 0.1) is 5.92 Å². The highest BCUT2D eigenvalue weighted by Gasteiger charge is 2.30. The van der Waals surface area contributed by atoms with E-state index >= 15 is 0 Å². The maximum absolute atomic E-state index is 13.6. The highest BCUT2D eigenvalue weighted by molar-refractivity contribution is 7.19. The zero-order chi connectivity index (χ0) is 25.1. The van der Waals surface area contributed by atoms with E-state index in [1.807, 2.05) is 24.3 Å². The van der Waals surface area contributed by atoms with Gasteiger partial charge in [-0.1, -0.05) is 29.5 Å². The predicted octanol–water partition coefficient (Wildman–Crippen LogP) is 3.45. The largest absolute Gasteiger partial charge is 0.497 e. The van der Waals surface area contributed by atoms with Gasteiger partial charge in [-0.05, 0) is 48.6 Å². The van der Waals surface area contributed by atoms with E-state index in [4.69, 9.17) is 19.9 Å². The number of carbonyl (C=O) groups excluding carboxylic acids is 2. The monoisotopic (exact) mass is 508 g/mol. The molecule has 36 heavy (non-hydrogen) atoms. The van der Waals surface area contributed by atoms with Gasteiger partial charge in [0.25, 0.3) is 11.8 Å². The number of methoxy groups -OCH3 is 1. The molecule has 0 spiro atoms. The van der Waals surface area contributed by atoms with Gasteiger partial charge < -0.3 is 30.2 Å². The number of thiazole rings is 1. The topological polar surface area (TPSA) is 116 Å². The highest BCUT2D eigenvalue weighted by Crippen LogP contribution is 2.36. The van der Waals surface area contributed by atoms with Gasteiger partial charge in [0, 0.05) is 19.6 Å². The van der Waals surface area contributed by atoms with E-state index in [0.29, 0.717) is 70.7 Å². The molecule has 188 valence electrons. The maximum atomic E-state index is 13.6. The normalized spacial score (nSPS) is 14.2. The molecule has 1 aliphatic heterocycles. The predicted molar refractivity (Wildman–Crippen MR) is 137 cm³/mol. The summed E-state index contributed by atoms with van der Waals surface area (Å²) < 4.78 is 16.6. The van der Waals surface area contributed by atoms with E-state index in [1.54, 1.807) is 30.2 Å². The molecule has 2 amide bonds. The third-order valence-corrected chi connectivity index (χ3v) is 7.05. The smallest absolute Gasteiger partial charge is 0.274 e. The Kier molecular flexibility index (Phi) is 6.95. The second-order valence-corrected chi connectivity index (χ2v) is 9.77. The number of ether oxygens (including phenoxy) is 3. The first-order valence-corrected chi connectivity index (χ1v) is 12.7. The molecule has 2 heterocycles. The van der Waals surface area contributed by atoms with Crippen LogP contribution in [0.15, 0.2) is 42.5 Å². The van der Waals surface area contributed by atoms with Crippen molar-refractivity contribution in [2.24, 2.45) is 5.92 Å². The van der Waals surface area contributed by atoms with Gasteiger partial charge in [0.2, 0.25) is 0 Å². The summed E-state index contributed by atoms with van der Waals surface area (Å²) in [6.45, 7) is 2.10. The van der Waals surface area contributed by atoms with Crippen LogP contribution in [-0.2, 0) is 0 Å². The Labute approximate surface area is 213 Å². The van der Waals surface area contributed by atoms with Crippen LogP contribution in [0.3, 0.4) is 0 Å². The van der Waals surface area contributed by atoms with Crippen LogP contribution >= 0.6 is 11.3 Å². The summed E-state index contributed by atoms with van der Waals surface area (Å²) in [6, 6.07) is 12.7. The number of fused-ring (bicyclic) bond motifs is 1. The van der Waals surface area contributed by atoms with Crippen molar-refractivity contribution in [1.82, 2.24) is 15.2 Å². The Bertz CT molecular complexity index is 1270. The van der Waals surface area contributed by atoms with Gasteiger partial charge in [0.1, 0.15) is 24.7 Å². The first kappa shape index (κ1) is 23.9. The van der Waals surface area contributed by atoms with Crippen molar-refractivity contribution >= 4 is 28.3 Å². The average Bonchev–Trinajstić information content (AvgIpc) is 3.65. The van der Waals surface area contributed by atoms with E-state index in [9.17, 15) is 9.59 Å². The van der Waals surface area contributed by atoms with Crippen LogP contribution in [-0.4, -0.2) is 61.7 Å². The number of aromatic nitrogens is 1. The van der Waals surface area contributed by atoms with Gasteiger partial charge in [-0.3, -0.25) is 9.59 Å². The van der Waals surface area contributed by atoms with Gasteiger partial charge in [-0.2, -0.15) is 0 Å². The molecular weight excluding hydrogens is 480 g/mol. The van der Waals surface area contributed by atoms with E-state index in [2.05, 4.69) is 10.3 Å². The molecule has 1 aliphatic carbocycles. The summed E-state index contributed by atoms with van der Waals surface area (Å²) >= 11 is 1.27. The Morgan fingerprint density at radius 2 is 2.00 bits per heavy atom. The standard InChI is InChI=1S/C26H28N4O5S/c1-33-18-5-2-4-17(14-18)23-21(29-26(27)36-23)25(32)30(15-16-8-9-16)11-10-28-24(31)19-6-3-7-20-22(19)35-13-12-34-20/h2-7,14,16H,8-13,15H2,1H3,(H2,27,29)(H,28,31). The van der Waals surface area contributed by atoms with Crippen molar-refractivity contribution < 1.29 is 23.8 Å². The Morgan fingerprint density at radius 3 is 2.81 bits per heavy atom. The average molecular weight is 509 g/mol. The zero-order valence-corrected chi connectivity index (χ0v) is 20.8. The summed E-state index contributed by atoms with van der Waals surface area (Å²) in [5.74, 6) is 1.70. The zero-order valence-electron chi connectivity index (χ0n) is 20.0. The molecule has 3 N–H and O–H groups in total. The van der Waals surface area contributed by atoms with Crippen LogP contribution < -0.4 is 25.3 Å². The maximum Gasteiger partial charge on any atom is 0.274 e. The number of carbonyl (C=O) groups is 2. The van der Waals surface area contributed by atoms with Crippen molar-refractivity contribution in [1.29, 1.82) is 0 Å². The number of benzene rings is 2. The summed E-state index contributed by atoms with van der Waals surface area (Å²) in [7, 11) is 1.60. The number of para-hydroxylation sites is 1. The van der Waals surface area contributed by atoms with Gasteiger partial charge in [-0.15, -0.1) is 0 Å². The minimum Gasteiger partial charge on any atom is -0.497 e. The number of hydrogen-bond donors (Lipinski definition) is 2. The molecule has 1 aromatic heterocycles. The molecule has 0 saturated heterocycles. The van der Waals surface area contributed by atoms with E-state index in [-0.39, 0.29) is 18.4 Å². The third-order valence-electron chi connectivity index (χ3n) is 6.12. The van der Waals surface area contributed by atoms with E-state index in [1.165, 1.54) is 11.3 Å².